The van der Waals surface area contributed by atoms with Crippen molar-refractivity contribution >= 4 is 28.6 Å². The average molecular weight is 291 g/mol. The molecule has 2 aromatic rings. The fourth-order valence-electron chi connectivity index (χ4n) is 1.50. The number of aliphatic hydroxyl groups is 1. The van der Waals surface area contributed by atoms with Crippen molar-refractivity contribution < 1.29 is 9.90 Å². The highest BCUT2D eigenvalue weighted by Gasteiger charge is 2.08. The molecule has 0 radical (unpaired) electrons. The molecule has 0 aliphatic carbocycles. The predicted octanol–water partition coefficient (Wildman–Crippen LogP) is 2.39. The van der Waals surface area contributed by atoms with Gasteiger partial charge in [-0.3, -0.25) is 4.79 Å². The Balaban J connectivity index is 1.94. The van der Waals surface area contributed by atoms with E-state index in [1.165, 1.54) is 16.2 Å². The summed E-state index contributed by atoms with van der Waals surface area (Å²) in [7, 11) is 0. The van der Waals surface area contributed by atoms with Gasteiger partial charge in [0.15, 0.2) is 0 Å². The van der Waals surface area contributed by atoms with Gasteiger partial charge in [-0.15, -0.1) is 22.7 Å². The molecule has 19 heavy (non-hydrogen) atoms. The highest BCUT2D eigenvalue weighted by atomic mass is 32.1. The first kappa shape index (κ1) is 13.8. The van der Waals surface area contributed by atoms with Crippen LogP contribution >= 0.6 is 22.7 Å². The van der Waals surface area contributed by atoms with E-state index < -0.39 is 0 Å². The van der Waals surface area contributed by atoms with Gasteiger partial charge < -0.3 is 10.4 Å². The molecule has 0 saturated heterocycles. The van der Waals surface area contributed by atoms with E-state index in [0.29, 0.717) is 12.1 Å². The molecule has 0 fully saturated rings. The van der Waals surface area contributed by atoms with Crippen molar-refractivity contribution in [1.82, 2.24) is 5.32 Å². The monoisotopic (exact) mass is 291 g/mol. The van der Waals surface area contributed by atoms with Crippen molar-refractivity contribution in [1.29, 1.82) is 0 Å². The van der Waals surface area contributed by atoms with Gasteiger partial charge in [0, 0.05) is 15.1 Å². The molecule has 5 heteroatoms. The standard InChI is InChI=1S/C14H13NO2S2/c1-10-4-5-13(19-10)8-15-14(17)11-7-12(18-9-11)3-2-6-16/h4-5,7,9,16H,6,8H2,1H3,(H,15,17). The lowest BCUT2D eigenvalue weighted by Gasteiger charge is -2.00. The second-order valence-electron chi connectivity index (χ2n) is 3.85. The number of hydrogen-bond donors (Lipinski definition) is 2. The van der Waals surface area contributed by atoms with Crippen LogP contribution in [0.15, 0.2) is 23.6 Å². The number of thiophene rings is 2. The number of nitrogens with one attached hydrogen (secondary N) is 1. The van der Waals surface area contributed by atoms with Crippen molar-refractivity contribution in [3.63, 3.8) is 0 Å². The van der Waals surface area contributed by atoms with Crippen molar-refractivity contribution in [3.8, 4) is 11.8 Å². The third-order valence-electron chi connectivity index (χ3n) is 2.37. The Morgan fingerprint density at radius 3 is 3.00 bits per heavy atom. The van der Waals surface area contributed by atoms with Gasteiger partial charge in [-0.05, 0) is 25.1 Å². The van der Waals surface area contributed by atoms with Crippen LogP contribution in [0.25, 0.3) is 0 Å². The van der Waals surface area contributed by atoms with Crippen LogP contribution in [0.3, 0.4) is 0 Å². The zero-order chi connectivity index (χ0) is 13.7. The minimum atomic E-state index is -0.169. The van der Waals surface area contributed by atoms with Gasteiger partial charge in [-0.25, -0.2) is 0 Å². The van der Waals surface area contributed by atoms with E-state index >= 15 is 0 Å². The van der Waals surface area contributed by atoms with Crippen molar-refractivity contribution in [2.24, 2.45) is 0 Å². The Labute approximate surface area is 119 Å². The maximum atomic E-state index is 11.9. The first-order valence-corrected chi connectivity index (χ1v) is 7.40. The van der Waals surface area contributed by atoms with Crippen LogP contribution in [-0.2, 0) is 6.54 Å². The van der Waals surface area contributed by atoms with Crippen LogP contribution in [0.4, 0.5) is 0 Å². The van der Waals surface area contributed by atoms with Crippen LogP contribution in [0, 0.1) is 18.8 Å². The lowest BCUT2D eigenvalue weighted by molar-refractivity contribution is 0.0951. The highest BCUT2D eigenvalue weighted by Crippen LogP contribution is 2.16. The molecule has 0 unspecified atom stereocenters. The zero-order valence-corrected chi connectivity index (χ0v) is 12.0. The fourth-order valence-corrected chi connectivity index (χ4v) is 3.08. The van der Waals surface area contributed by atoms with Gasteiger partial charge in [0.1, 0.15) is 6.61 Å². The number of aryl methyl sites for hydroxylation is 1. The molecule has 0 aliphatic rings. The number of rotatable bonds is 3. The summed E-state index contributed by atoms with van der Waals surface area (Å²) in [6, 6.07) is 5.80. The first-order chi connectivity index (χ1) is 9.19. The van der Waals surface area contributed by atoms with E-state index in [0.717, 1.165) is 9.75 Å². The number of aliphatic hydroxyl groups excluding tert-OH is 1. The smallest absolute Gasteiger partial charge is 0.252 e. The van der Waals surface area contributed by atoms with Gasteiger partial charge in [0.2, 0.25) is 0 Å². The third kappa shape index (κ3) is 3.93. The molecule has 0 saturated carbocycles. The number of hydrogen-bond acceptors (Lipinski definition) is 4. The maximum absolute atomic E-state index is 11.9. The summed E-state index contributed by atoms with van der Waals surface area (Å²) >= 11 is 3.08. The van der Waals surface area contributed by atoms with E-state index in [-0.39, 0.29) is 12.5 Å². The maximum Gasteiger partial charge on any atom is 0.252 e. The molecule has 0 atom stereocenters. The molecule has 0 aromatic carbocycles. The van der Waals surface area contributed by atoms with E-state index in [4.69, 9.17) is 5.11 Å². The minimum absolute atomic E-state index is 0.0978. The van der Waals surface area contributed by atoms with E-state index in [1.807, 2.05) is 19.1 Å². The van der Waals surface area contributed by atoms with Crippen molar-refractivity contribution in [2.75, 3.05) is 6.61 Å². The Kier molecular flexibility index (Phi) is 4.74. The molecule has 0 bridgehead atoms. The molecule has 0 aliphatic heterocycles. The Bertz CT molecular complexity index is 631. The van der Waals surface area contributed by atoms with Crippen molar-refractivity contribution in [3.05, 3.63) is 43.8 Å². The molecule has 98 valence electrons. The normalized spacial score (nSPS) is 9.79. The topological polar surface area (TPSA) is 49.3 Å². The van der Waals surface area contributed by atoms with Crippen LogP contribution in [0.2, 0.25) is 0 Å². The van der Waals surface area contributed by atoms with Gasteiger partial charge in [-0.2, -0.15) is 0 Å². The molecular formula is C14H13NO2S2. The largest absolute Gasteiger partial charge is 0.384 e. The van der Waals surface area contributed by atoms with Crippen LogP contribution in [0.1, 0.15) is 25.0 Å². The van der Waals surface area contributed by atoms with Gasteiger partial charge in [0.05, 0.1) is 17.0 Å². The summed E-state index contributed by atoms with van der Waals surface area (Å²) in [4.78, 5) is 15.1. The summed E-state index contributed by atoms with van der Waals surface area (Å²) in [6.07, 6.45) is 0. The zero-order valence-electron chi connectivity index (χ0n) is 10.4. The van der Waals surface area contributed by atoms with Crippen molar-refractivity contribution in [2.45, 2.75) is 13.5 Å². The summed E-state index contributed by atoms with van der Waals surface area (Å²) in [5.41, 5.74) is 0.612. The predicted molar refractivity (Wildman–Crippen MR) is 78.5 cm³/mol. The van der Waals surface area contributed by atoms with Gasteiger partial charge >= 0.3 is 0 Å². The lowest BCUT2D eigenvalue weighted by atomic mass is 10.3. The average Bonchev–Trinajstić information content (AvgIpc) is 3.02. The Morgan fingerprint density at radius 2 is 2.32 bits per heavy atom. The Hall–Kier alpha value is -1.61. The van der Waals surface area contributed by atoms with Crippen LogP contribution in [0.5, 0.6) is 0 Å². The number of carbonyl (C=O) groups excluding carboxylic acids is 1. The molecule has 2 heterocycles. The van der Waals surface area contributed by atoms with E-state index in [2.05, 4.69) is 17.2 Å². The molecule has 0 spiro atoms. The van der Waals surface area contributed by atoms with E-state index in [9.17, 15) is 4.79 Å². The summed E-state index contributed by atoms with van der Waals surface area (Å²) in [6.45, 7) is 2.42. The first-order valence-electron chi connectivity index (χ1n) is 5.71. The van der Waals surface area contributed by atoms with Gasteiger partial charge in [-0.1, -0.05) is 11.8 Å². The van der Waals surface area contributed by atoms with Crippen LogP contribution in [-0.4, -0.2) is 17.6 Å². The summed E-state index contributed by atoms with van der Waals surface area (Å²) < 4.78 is 0. The molecule has 2 aromatic heterocycles. The van der Waals surface area contributed by atoms with E-state index in [1.54, 1.807) is 22.8 Å². The third-order valence-corrected chi connectivity index (χ3v) is 4.22. The van der Waals surface area contributed by atoms with Gasteiger partial charge in [0.25, 0.3) is 5.91 Å². The second kappa shape index (κ2) is 6.53. The second-order valence-corrected chi connectivity index (χ2v) is 6.14. The highest BCUT2D eigenvalue weighted by molar-refractivity contribution is 7.12. The number of carbonyl (C=O) groups is 1. The molecular weight excluding hydrogens is 278 g/mol. The fraction of sp³-hybridized carbons (Fsp3) is 0.214. The minimum Gasteiger partial charge on any atom is -0.384 e. The van der Waals surface area contributed by atoms with Crippen LogP contribution < -0.4 is 5.32 Å². The Morgan fingerprint density at radius 1 is 1.47 bits per heavy atom. The summed E-state index contributed by atoms with van der Waals surface area (Å²) in [5, 5.41) is 13.3. The molecule has 3 nitrogen and oxygen atoms in total. The SMILES string of the molecule is Cc1ccc(CNC(=O)c2csc(C#CCO)c2)s1. The molecule has 2 N–H and O–H groups in total. The summed E-state index contributed by atoms with van der Waals surface area (Å²) in [5.74, 6) is 5.25. The molecule has 2 rings (SSSR count). The number of amides is 1. The quantitative estimate of drug-likeness (QED) is 0.853. The lowest BCUT2D eigenvalue weighted by Crippen LogP contribution is -2.21. The molecule has 1 amide bonds.